The van der Waals surface area contributed by atoms with Gasteiger partial charge in [0.15, 0.2) is 0 Å². The predicted molar refractivity (Wildman–Crippen MR) is 79.3 cm³/mol. The summed E-state index contributed by atoms with van der Waals surface area (Å²) in [6.45, 7) is 3.94. The van der Waals surface area contributed by atoms with Crippen LogP contribution < -0.4 is 5.32 Å². The van der Waals surface area contributed by atoms with E-state index in [1.165, 1.54) is 0 Å². The lowest BCUT2D eigenvalue weighted by atomic mass is 10.0. The lowest BCUT2D eigenvalue weighted by Crippen LogP contribution is -2.40. The molecule has 0 radical (unpaired) electrons. The number of carbonyl (C=O) groups excluding carboxylic acids is 1. The Morgan fingerprint density at radius 2 is 1.80 bits per heavy atom. The Balaban J connectivity index is 1.77. The van der Waals surface area contributed by atoms with E-state index in [9.17, 15) is 4.79 Å². The van der Waals surface area contributed by atoms with Gasteiger partial charge in [0.2, 0.25) is 5.91 Å². The van der Waals surface area contributed by atoms with Crippen LogP contribution in [-0.4, -0.2) is 56.0 Å². The number of nitrogens with one attached hydrogen (secondary N) is 1. The average molecular weight is 273 g/mol. The summed E-state index contributed by atoms with van der Waals surface area (Å²) in [4.78, 5) is 17.0. The van der Waals surface area contributed by atoms with Crippen molar-refractivity contribution in [3.63, 3.8) is 0 Å². The first-order valence-electron chi connectivity index (χ1n) is 7.37. The summed E-state index contributed by atoms with van der Waals surface area (Å²) >= 11 is 0. The molecule has 2 heterocycles. The fraction of sp³-hybridized carbons (Fsp3) is 0.562. The number of hydrogen-bond acceptors (Lipinski definition) is 3. The molecule has 0 spiro atoms. The molecule has 1 aromatic rings. The van der Waals surface area contributed by atoms with E-state index < -0.39 is 0 Å². The SMILES string of the molecule is CN(C)C(C(=O)N1C[C@H]2CNC[C@H]2C1)c1ccccc1. The van der Waals surface area contributed by atoms with Gasteiger partial charge in [0, 0.05) is 26.2 Å². The van der Waals surface area contributed by atoms with Crippen LogP contribution in [0.25, 0.3) is 0 Å². The highest BCUT2D eigenvalue weighted by Gasteiger charge is 2.40. The Morgan fingerprint density at radius 1 is 1.20 bits per heavy atom. The minimum Gasteiger partial charge on any atom is -0.340 e. The quantitative estimate of drug-likeness (QED) is 0.891. The van der Waals surface area contributed by atoms with Gasteiger partial charge in [-0.1, -0.05) is 30.3 Å². The van der Waals surface area contributed by atoms with Crippen molar-refractivity contribution in [2.24, 2.45) is 11.8 Å². The number of rotatable bonds is 3. The zero-order valence-corrected chi connectivity index (χ0v) is 12.2. The van der Waals surface area contributed by atoms with Crippen molar-refractivity contribution >= 4 is 5.91 Å². The number of likely N-dealkylation sites (N-methyl/N-ethyl adjacent to an activating group) is 1. The number of amides is 1. The van der Waals surface area contributed by atoms with Crippen LogP contribution in [0.3, 0.4) is 0 Å². The number of nitrogens with zero attached hydrogens (tertiary/aromatic N) is 2. The minimum absolute atomic E-state index is 0.164. The predicted octanol–water partition coefficient (Wildman–Crippen LogP) is 0.967. The Hall–Kier alpha value is -1.39. The molecule has 0 bridgehead atoms. The Bertz CT molecular complexity index is 462. The summed E-state index contributed by atoms with van der Waals surface area (Å²) < 4.78 is 0. The van der Waals surface area contributed by atoms with Gasteiger partial charge < -0.3 is 10.2 Å². The standard InChI is InChI=1S/C16H23N3O/c1-18(2)15(12-6-4-3-5-7-12)16(20)19-10-13-8-17-9-14(13)11-19/h3-7,13-15,17H,8-11H2,1-2H3/t13-,14+,15?. The van der Waals surface area contributed by atoms with Crippen molar-refractivity contribution in [1.29, 1.82) is 0 Å². The van der Waals surface area contributed by atoms with E-state index in [0.29, 0.717) is 11.8 Å². The molecule has 2 saturated heterocycles. The number of benzene rings is 1. The van der Waals surface area contributed by atoms with Gasteiger partial charge in [-0.15, -0.1) is 0 Å². The molecule has 2 aliphatic rings. The highest BCUT2D eigenvalue weighted by Crippen LogP contribution is 2.30. The number of fused-ring (bicyclic) bond motifs is 1. The van der Waals surface area contributed by atoms with Crippen LogP contribution in [0.5, 0.6) is 0 Å². The summed E-state index contributed by atoms with van der Waals surface area (Å²) in [6, 6.07) is 9.92. The van der Waals surface area contributed by atoms with E-state index >= 15 is 0 Å². The monoisotopic (exact) mass is 273 g/mol. The Kier molecular flexibility index (Phi) is 3.76. The molecule has 1 N–H and O–H groups in total. The van der Waals surface area contributed by atoms with Gasteiger partial charge >= 0.3 is 0 Å². The average Bonchev–Trinajstić information content (AvgIpc) is 3.00. The molecule has 20 heavy (non-hydrogen) atoms. The summed E-state index contributed by atoms with van der Waals surface area (Å²) in [5, 5.41) is 3.42. The zero-order valence-electron chi connectivity index (χ0n) is 12.2. The summed E-state index contributed by atoms with van der Waals surface area (Å²) in [5.41, 5.74) is 1.08. The first-order valence-corrected chi connectivity index (χ1v) is 7.37. The van der Waals surface area contributed by atoms with Crippen molar-refractivity contribution in [2.45, 2.75) is 6.04 Å². The lowest BCUT2D eigenvalue weighted by Gasteiger charge is -2.29. The largest absolute Gasteiger partial charge is 0.340 e. The van der Waals surface area contributed by atoms with Crippen LogP contribution in [0.15, 0.2) is 30.3 Å². The van der Waals surface area contributed by atoms with Gasteiger partial charge in [0.05, 0.1) is 0 Å². The molecule has 1 amide bonds. The molecular formula is C16H23N3O. The van der Waals surface area contributed by atoms with Gasteiger partial charge in [0.1, 0.15) is 6.04 Å². The van der Waals surface area contributed by atoms with Gasteiger partial charge in [0.25, 0.3) is 0 Å². The van der Waals surface area contributed by atoms with Crippen LogP contribution >= 0.6 is 0 Å². The molecule has 3 atom stereocenters. The van der Waals surface area contributed by atoms with Crippen molar-refractivity contribution in [3.8, 4) is 0 Å². The summed E-state index contributed by atoms with van der Waals surface area (Å²) in [7, 11) is 3.96. The molecule has 4 heteroatoms. The number of likely N-dealkylation sites (tertiary alicyclic amines) is 1. The van der Waals surface area contributed by atoms with Gasteiger partial charge in [-0.3, -0.25) is 9.69 Å². The van der Waals surface area contributed by atoms with Crippen molar-refractivity contribution < 1.29 is 4.79 Å². The van der Waals surface area contributed by atoms with Crippen molar-refractivity contribution in [2.75, 3.05) is 40.3 Å². The maximum absolute atomic E-state index is 12.9. The smallest absolute Gasteiger partial charge is 0.244 e. The zero-order chi connectivity index (χ0) is 14.1. The third-order valence-corrected chi connectivity index (χ3v) is 4.57. The van der Waals surface area contributed by atoms with Gasteiger partial charge in [-0.25, -0.2) is 0 Å². The molecule has 0 aliphatic carbocycles. The van der Waals surface area contributed by atoms with Gasteiger partial charge in [-0.05, 0) is 31.5 Å². The fourth-order valence-corrected chi connectivity index (χ4v) is 3.51. The summed E-state index contributed by atoms with van der Waals surface area (Å²) in [5.74, 6) is 1.55. The third-order valence-electron chi connectivity index (χ3n) is 4.57. The van der Waals surface area contributed by atoms with Crippen LogP contribution in [0.2, 0.25) is 0 Å². The van der Waals surface area contributed by atoms with Crippen LogP contribution in [0.1, 0.15) is 11.6 Å². The minimum atomic E-state index is -0.164. The Labute approximate surface area is 120 Å². The second-order valence-corrected chi connectivity index (χ2v) is 6.20. The topological polar surface area (TPSA) is 35.6 Å². The van der Waals surface area contributed by atoms with E-state index in [1.54, 1.807) is 0 Å². The molecule has 3 rings (SSSR count). The van der Waals surface area contributed by atoms with Crippen LogP contribution in [-0.2, 0) is 4.79 Å². The molecule has 4 nitrogen and oxygen atoms in total. The van der Waals surface area contributed by atoms with Gasteiger partial charge in [-0.2, -0.15) is 0 Å². The normalized spacial score (nSPS) is 26.9. The molecule has 2 aliphatic heterocycles. The number of hydrogen-bond donors (Lipinski definition) is 1. The van der Waals surface area contributed by atoms with E-state index in [-0.39, 0.29) is 11.9 Å². The molecular weight excluding hydrogens is 250 g/mol. The number of carbonyl (C=O) groups is 1. The maximum atomic E-state index is 12.9. The highest BCUT2D eigenvalue weighted by atomic mass is 16.2. The van der Waals surface area contributed by atoms with Crippen LogP contribution in [0, 0.1) is 11.8 Å². The van der Waals surface area contributed by atoms with E-state index in [2.05, 4.69) is 10.2 Å². The highest BCUT2D eigenvalue weighted by molar-refractivity contribution is 5.83. The molecule has 0 saturated carbocycles. The molecule has 0 aromatic heterocycles. The van der Waals surface area contributed by atoms with E-state index in [4.69, 9.17) is 0 Å². The third kappa shape index (κ3) is 2.45. The van der Waals surface area contributed by atoms with E-state index in [1.807, 2.05) is 49.3 Å². The maximum Gasteiger partial charge on any atom is 0.244 e. The van der Waals surface area contributed by atoms with E-state index in [0.717, 1.165) is 31.7 Å². The second-order valence-electron chi connectivity index (χ2n) is 6.20. The lowest BCUT2D eigenvalue weighted by molar-refractivity contribution is -0.135. The first kappa shape index (κ1) is 13.6. The fourth-order valence-electron chi connectivity index (χ4n) is 3.51. The molecule has 1 unspecified atom stereocenters. The van der Waals surface area contributed by atoms with Crippen molar-refractivity contribution in [1.82, 2.24) is 15.1 Å². The Morgan fingerprint density at radius 3 is 2.35 bits per heavy atom. The molecule has 108 valence electrons. The summed E-state index contributed by atoms with van der Waals surface area (Å²) in [6.07, 6.45) is 0. The first-order chi connectivity index (χ1) is 9.66. The van der Waals surface area contributed by atoms with Crippen LogP contribution in [0.4, 0.5) is 0 Å². The van der Waals surface area contributed by atoms with Crippen molar-refractivity contribution in [3.05, 3.63) is 35.9 Å². The molecule has 1 aromatic carbocycles. The molecule has 2 fully saturated rings. The second kappa shape index (κ2) is 5.54.